The van der Waals surface area contributed by atoms with Gasteiger partial charge in [0.2, 0.25) is 10.0 Å². The minimum absolute atomic E-state index is 0.192. The van der Waals surface area contributed by atoms with Gasteiger partial charge in [0, 0.05) is 42.2 Å². The summed E-state index contributed by atoms with van der Waals surface area (Å²) >= 11 is 5.84. The molecule has 1 N–H and O–H groups in total. The number of esters is 1. The van der Waals surface area contributed by atoms with Gasteiger partial charge in [-0.1, -0.05) is 11.6 Å². The van der Waals surface area contributed by atoms with Crippen molar-refractivity contribution in [2.45, 2.75) is 25.4 Å². The van der Waals surface area contributed by atoms with E-state index in [4.69, 9.17) is 16.3 Å². The molecule has 0 bridgehead atoms. The van der Waals surface area contributed by atoms with Crippen LogP contribution < -0.4 is 5.32 Å². The number of hydrogen-bond donors (Lipinski definition) is 1. The first kappa shape index (κ1) is 18.9. The van der Waals surface area contributed by atoms with E-state index in [9.17, 15) is 18.0 Å². The van der Waals surface area contributed by atoms with Gasteiger partial charge in [-0.3, -0.25) is 4.79 Å². The molecular weight excluding hydrogens is 380 g/mol. The second kappa shape index (κ2) is 6.68. The molecule has 0 unspecified atom stereocenters. The van der Waals surface area contributed by atoms with Crippen molar-refractivity contribution in [3.05, 3.63) is 40.4 Å². The van der Waals surface area contributed by atoms with Crippen LogP contribution in [0.4, 0.5) is 5.69 Å². The fourth-order valence-electron chi connectivity index (χ4n) is 3.38. The number of benzene rings is 1. The Morgan fingerprint density at radius 3 is 2.35 bits per heavy atom. The first-order valence-corrected chi connectivity index (χ1v) is 10.3. The molecule has 1 aromatic rings. The van der Waals surface area contributed by atoms with Crippen molar-refractivity contribution < 1.29 is 22.7 Å². The van der Waals surface area contributed by atoms with Crippen LogP contribution in [0.25, 0.3) is 0 Å². The van der Waals surface area contributed by atoms with Crippen molar-refractivity contribution in [3.63, 3.8) is 0 Å². The number of ether oxygens (including phenoxy) is 1. The maximum atomic E-state index is 12.8. The lowest BCUT2D eigenvalue weighted by molar-refractivity contribution is -0.149. The van der Waals surface area contributed by atoms with Gasteiger partial charge in [0.25, 0.3) is 5.91 Å². The van der Waals surface area contributed by atoms with Gasteiger partial charge in [-0.2, -0.15) is 0 Å². The van der Waals surface area contributed by atoms with Crippen molar-refractivity contribution in [2.24, 2.45) is 0 Å². The minimum atomic E-state index is -3.33. The average Bonchev–Trinajstić information content (AvgIpc) is 2.79. The van der Waals surface area contributed by atoms with Crippen LogP contribution >= 0.6 is 11.6 Å². The van der Waals surface area contributed by atoms with E-state index in [1.165, 1.54) is 4.31 Å². The normalized spacial score (nSPS) is 20.3. The average molecular weight is 399 g/mol. The Hall–Kier alpha value is -1.90. The van der Waals surface area contributed by atoms with Gasteiger partial charge in [-0.05, 0) is 31.2 Å². The summed E-state index contributed by atoms with van der Waals surface area (Å²) < 4.78 is 30.3. The molecule has 1 fully saturated rings. The van der Waals surface area contributed by atoms with Crippen molar-refractivity contribution in [1.82, 2.24) is 4.31 Å². The van der Waals surface area contributed by atoms with Gasteiger partial charge < -0.3 is 10.1 Å². The van der Waals surface area contributed by atoms with Gasteiger partial charge in [0.05, 0.1) is 11.8 Å². The lowest BCUT2D eigenvalue weighted by Gasteiger charge is -2.38. The molecule has 1 amide bonds. The Morgan fingerprint density at radius 1 is 1.23 bits per heavy atom. The Bertz CT molecular complexity index is 884. The largest absolute Gasteiger partial charge is 0.450 e. The molecule has 2 aliphatic heterocycles. The van der Waals surface area contributed by atoms with Crippen LogP contribution in [0.1, 0.15) is 19.8 Å². The highest BCUT2D eigenvalue weighted by Crippen LogP contribution is 2.41. The zero-order valence-electron chi connectivity index (χ0n) is 14.4. The highest BCUT2D eigenvalue weighted by molar-refractivity contribution is 7.88. The number of halogens is 1. The molecule has 1 spiro atoms. The van der Waals surface area contributed by atoms with E-state index in [2.05, 4.69) is 5.32 Å². The Kier molecular flexibility index (Phi) is 4.85. The van der Waals surface area contributed by atoms with E-state index in [0.717, 1.165) is 6.26 Å². The number of nitrogens with zero attached hydrogens (tertiary/aromatic N) is 1. The number of rotatable bonds is 3. The summed E-state index contributed by atoms with van der Waals surface area (Å²) in [5.74, 6) is -0.970. The number of nitrogens with one attached hydrogen (secondary N) is 1. The van der Waals surface area contributed by atoms with E-state index < -0.39 is 27.5 Å². The maximum absolute atomic E-state index is 12.8. The van der Waals surface area contributed by atoms with Gasteiger partial charge in [0.15, 0.2) is 0 Å². The lowest BCUT2D eigenvalue weighted by Crippen LogP contribution is -2.49. The fourth-order valence-corrected chi connectivity index (χ4v) is 4.36. The lowest BCUT2D eigenvalue weighted by atomic mass is 9.83. The van der Waals surface area contributed by atoms with Crippen LogP contribution in [0.3, 0.4) is 0 Å². The van der Waals surface area contributed by atoms with Crippen LogP contribution in [0.5, 0.6) is 0 Å². The second-order valence-electron chi connectivity index (χ2n) is 6.51. The SMILES string of the molecule is CC1=C(C(=O)Nc2ccc(Cl)cc2)C2(CCN(S(C)(=O)=O)CC2)OC1=O. The summed E-state index contributed by atoms with van der Waals surface area (Å²) in [6.45, 7) is 1.94. The fraction of sp³-hybridized carbons (Fsp3) is 0.412. The quantitative estimate of drug-likeness (QED) is 0.785. The van der Waals surface area contributed by atoms with Crippen LogP contribution in [-0.4, -0.2) is 49.5 Å². The molecule has 3 rings (SSSR count). The first-order chi connectivity index (χ1) is 12.1. The van der Waals surface area contributed by atoms with Crippen molar-refractivity contribution in [3.8, 4) is 0 Å². The van der Waals surface area contributed by atoms with Crippen LogP contribution in [0, 0.1) is 0 Å². The van der Waals surface area contributed by atoms with E-state index in [-0.39, 0.29) is 37.1 Å². The number of hydrogen-bond acceptors (Lipinski definition) is 5. The van der Waals surface area contributed by atoms with E-state index in [1.807, 2.05) is 0 Å². The molecule has 0 atom stereocenters. The summed E-state index contributed by atoms with van der Waals surface area (Å²) in [4.78, 5) is 25.0. The summed E-state index contributed by atoms with van der Waals surface area (Å²) in [6, 6.07) is 6.61. The Labute approximate surface area is 157 Å². The highest BCUT2D eigenvalue weighted by Gasteiger charge is 2.51. The van der Waals surface area contributed by atoms with Gasteiger partial charge in [-0.15, -0.1) is 0 Å². The number of piperidine rings is 1. The molecule has 140 valence electrons. The molecule has 9 heteroatoms. The summed E-state index contributed by atoms with van der Waals surface area (Å²) in [5, 5.41) is 3.30. The predicted octanol–water partition coefficient (Wildman–Crippen LogP) is 1.95. The van der Waals surface area contributed by atoms with E-state index >= 15 is 0 Å². The molecular formula is C17H19ClN2O5S. The number of carbonyl (C=O) groups is 2. The standard InChI is InChI=1S/C17H19ClN2O5S/c1-11-14(15(21)19-13-5-3-12(18)4-6-13)17(25-16(11)22)7-9-20(10-8-17)26(2,23)24/h3-6H,7-10H2,1-2H3,(H,19,21). The summed E-state index contributed by atoms with van der Waals surface area (Å²) in [6.07, 6.45) is 1.62. The van der Waals surface area contributed by atoms with Crippen LogP contribution in [0.15, 0.2) is 35.4 Å². The Morgan fingerprint density at radius 2 is 1.81 bits per heavy atom. The molecule has 26 heavy (non-hydrogen) atoms. The molecule has 0 aromatic heterocycles. The number of sulfonamides is 1. The molecule has 2 aliphatic rings. The third-order valence-corrected chi connectivity index (χ3v) is 6.31. The second-order valence-corrected chi connectivity index (χ2v) is 8.93. The molecule has 1 aromatic carbocycles. The topological polar surface area (TPSA) is 92.8 Å². The third-order valence-electron chi connectivity index (χ3n) is 4.75. The van der Waals surface area contributed by atoms with Gasteiger partial charge in [-0.25, -0.2) is 17.5 Å². The highest BCUT2D eigenvalue weighted by atomic mass is 35.5. The zero-order chi connectivity index (χ0) is 19.1. The smallest absolute Gasteiger partial charge is 0.335 e. The monoisotopic (exact) mass is 398 g/mol. The van der Waals surface area contributed by atoms with Crippen molar-refractivity contribution >= 4 is 39.2 Å². The predicted molar refractivity (Wildman–Crippen MR) is 97.3 cm³/mol. The summed E-state index contributed by atoms with van der Waals surface area (Å²) in [7, 11) is -3.33. The first-order valence-electron chi connectivity index (χ1n) is 8.09. The van der Waals surface area contributed by atoms with Crippen LogP contribution in [-0.2, 0) is 24.3 Å². The van der Waals surface area contributed by atoms with Crippen molar-refractivity contribution in [1.29, 1.82) is 0 Å². The molecule has 1 saturated heterocycles. The number of carbonyl (C=O) groups excluding carboxylic acids is 2. The van der Waals surface area contributed by atoms with Gasteiger partial charge in [0.1, 0.15) is 5.60 Å². The Balaban J connectivity index is 1.85. The molecule has 2 heterocycles. The van der Waals surface area contributed by atoms with Crippen molar-refractivity contribution in [2.75, 3.05) is 24.7 Å². The summed E-state index contributed by atoms with van der Waals surface area (Å²) in [5.41, 5.74) is -0.0172. The molecule has 0 radical (unpaired) electrons. The molecule has 7 nitrogen and oxygen atoms in total. The molecule has 0 saturated carbocycles. The zero-order valence-corrected chi connectivity index (χ0v) is 16.0. The number of amides is 1. The molecule has 0 aliphatic carbocycles. The third kappa shape index (κ3) is 3.49. The van der Waals surface area contributed by atoms with E-state index in [1.54, 1.807) is 31.2 Å². The minimum Gasteiger partial charge on any atom is -0.450 e. The maximum Gasteiger partial charge on any atom is 0.335 e. The van der Waals surface area contributed by atoms with Gasteiger partial charge >= 0.3 is 5.97 Å². The van der Waals surface area contributed by atoms with E-state index in [0.29, 0.717) is 10.7 Å². The van der Waals surface area contributed by atoms with Crippen LogP contribution in [0.2, 0.25) is 5.02 Å². The number of anilines is 1.